The van der Waals surface area contributed by atoms with E-state index in [-0.39, 0.29) is 24.6 Å². The van der Waals surface area contributed by atoms with E-state index in [2.05, 4.69) is 10.1 Å². The second-order valence-electron chi connectivity index (χ2n) is 5.06. The first kappa shape index (κ1) is 15.9. The van der Waals surface area contributed by atoms with Crippen molar-refractivity contribution in [3.63, 3.8) is 0 Å². The summed E-state index contributed by atoms with van der Waals surface area (Å²) >= 11 is 0. The number of aliphatic hydroxyl groups is 1. The first-order chi connectivity index (χ1) is 9.94. The van der Waals surface area contributed by atoms with E-state index in [4.69, 9.17) is 4.74 Å². The van der Waals surface area contributed by atoms with E-state index < -0.39 is 12.5 Å². The highest BCUT2D eigenvalue weighted by Gasteiger charge is 2.32. The summed E-state index contributed by atoms with van der Waals surface area (Å²) in [6.45, 7) is 0.875. The molecular weight excluding hydrogens is 287 g/mol. The number of alkyl halides is 3. The predicted molar refractivity (Wildman–Crippen MR) is 71.2 cm³/mol. The fraction of sp³-hybridized carbons (Fsp3) is 0.571. The number of hydrogen-bond donors (Lipinski definition) is 2. The van der Waals surface area contributed by atoms with Crippen LogP contribution in [0.25, 0.3) is 0 Å². The van der Waals surface area contributed by atoms with Gasteiger partial charge in [-0.1, -0.05) is 12.1 Å². The molecule has 1 unspecified atom stereocenters. The zero-order valence-corrected chi connectivity index (χ0v) is 11.4. The topological polar surface area (TPSA) is 50.7 Å². The average molecular weight is 305 g/mol. The highest BCUT2D eigenvalue weighted by Crippen LogP contribution is 2.30. The Kier molecular flexibility index (Phi) is 5.30. The molecule has 1 aromatic rings. The molecule has 1 aliphatic rings. The summed E-state index contributed by atoms with van der Waals surface area (Å²) in [4.78, 5) is 0. The lowest BCUT2D eigenvalue weighted by Gasteiger charge is -2.16. The molecule has 0 spiro atoms. The Hall–Kier alpha value is -1.47. The smallest absolute Gasteiger partial charge is 0.404 e. The molecule has 118 valence electrons. The van der Waals surface area contributed by atoms with E-state index >= 15 is 0 Å². The van der Waals surface area contributed by atoms with E-state index in [1.165, 1.54) is 18.2 Å². The van der Waals surface area contributed by atoms with E-state index in [0.29, 0.717) is 12.5 Å². The molecule has 0 radical (unpaired) electrons. The Balaban J connectivity index is 1.78. The summed E-state index contributed by atoms with van der Waals surface area (Å²) < 4.78 is 46.0. The van der Waals surface area contributed by atoms with Crippen LogP contribution in [0.4, 0.5) is 18.9 Å². The van der Waals surface area contributed by atoms with Crippen LogP contribution in [0.3, 0.4) is 0 Å². The fourth-order valence-electron chi connectivity index (χ4n) is 1.77. The molecule has 21 heavy (non-hydrogen) atoms. The van der Waals surface area contributed by atoms with E-state index in [9.17, 15) is 18.3 Å². The fourth-order valence-corrected chi connectivity index (χ4v) is 1.77. The first-order valence-corrected chi connectivity index (χ1v) is 6.78. The molecule has 0 aliphatic heterocycles. The van der Waals surface area contributed by atoms with Gasteiger partial charge in [0.15, 0.2) is 5.75 Å². The zero-order valence-electron chi connectivity index (χ0n) is 11.4. The first-order valence-electron chi connectivity index (χ1n) is 6.78. The molecule has 1 atom stereocenters. The Bertz CT molecular complexity index is 449. The lowest BCUT2D eigenvalue weighted by molar-refractivity contribution is -0.274. The largest absolute Gasteiger partial charge is 0.573 e. The highest BCUT2D eigenvalue weighted by atomic mass is 19.4. The SMILES string of the molecule is OC(CNc1ccccc1OC(F)(F)F)COCC1CC1. The second-order valence-corrected chi connectivity index (χ2v) is 5.06. The van der Waals surface area contributed by atoms with Crippen molar-refractivity contribution in [3.8, 4) is 5.75 Å². The van der Waals surface area contributed by atoms with Crippen LogP contribution in [-0.2, 0) is 4.74 Å². The summed E-state index contributed by atoms with van der Waals surface area (Å²) in [5, 5.41) is 12.5. The van der Waals surface area contributed by atoms with Gasteiger partial charge in [-0.25, -0.2) is 0 Å². The molecule has 1 aliphatic carbocycles. The van der Waals surface area contributed by atoms with Gasteiger partial charge in [-0.15, -0.1) is 13.2 Å². The van der Waals surface area contributed by atoms with Crippen molar-refractivity contribution < 1.29 is 27.8 Å². The molecule has 0 saturated heterocycles. The number of aliphatic hydroxyl groups excluding tert-OH is 1. The minimum absolute atomic E-state index is 0.0862. The highest BCUT2D eigenvalue weighted by molar-refractivity contribution is 5.56. The van der Waals surface area contributed by atoms with Crippen molar-refractivity contribution in [3.05, 3.63) is 24.3 Å². The van der Waals surface area contributed by atoms with Crippen molar-refractivity contribution >= 4 is 5.69 Å². The Labute approximate surface area is 120 Å². The molecule has 0 bridgehead atoms. The van der Waals surface area contributed by atoms with Crippen LogP contribution in [0.15, 0.2) is 24.3 Å². The lowest BCUT2D eigenvalue weighted by atomic mass is 10.2. The third kappa shape index (κ3) is 6.22. The summed E-state index contributed by atoms with van der Waals surface area (Å²) in [5.74, 6) is 0.280. The lowest BCUT2D eigenvalue weighted by Crippen LogP contribution is -2.26. The minimum Gasteiger partial charge on any atom is -0.404 e. The molecule has 7 heteroatoms. The average Bonchev–Trinajstić information content (AvgIpc) is 3.20. The van der Waals surface area contributed by atoms with Gasteiger partial charge in [-0.2, -0.15) is 0 Å². The van der Waals surface area contributed by atoms with Crippen LogP contribution in [0.2, 0.25) is 0 Å². The van der Waals surface area contributed by atoms with Crippen LogP contribution in [0.1, 0.15) is 12.8 Å². The number of para-hydroxylation sites is 2. The quantitative estimate of drug-likeness (QED) is 0.775. The van der Waals surface area contributed by atoms with Crippen LogP contribution >= 0.6 is 0 Å². The van der Waals surface area contributed by atoms with Crippen molar-refractivity contribution in [1.82, 2.24) is 0 Å². The number of nitrogens with one attached hydrogen (secondary N) is 1. The van der Waals surface area contributed by atoms with Gasteiger partial charge < -0.3 is 19.9 Å². The van der Waals surface area contributed by atoms with Gasteiger partial charge in [0.1, 0.15) is 0 Å². The maximum Gasteiger partial charge on any atom is 0.573 e. The van der Waals surface area contributed by atoms with Gasteiger partial charge in [0, 0.05) is 13.2 Å². The van der Waals surface area contributed by atoms with Crippen LogP contribution in [0.5, 0.6) is 5.75 Å². The van der Waals surface area contributed by atoms with Gasteiger partial charge in [0.05, 0.1) is 18.4 Å². The van der Waals surface area contributed by atoms with Crippen LogP contribution in [0, 0.1) is 5.92 Å². The van der Waals surface area contributed by atoms with Crippen LogP contribution in [-0.4, -0.2) is 37.3 Å². The minimum atomic E-state index is -4.75. The molecule has 1 saturated carbocycles. The van der Waals surface area contributed by atoms with E-state index in [1.54, 1.807) is 6.07 Å². The maximum atomic E-state index is 12.2. The molecule has 2 rings (SSSR count). The van der Waals surface area contributed by atoms with Crippen molar-refractivity contribution in [2.75, 3.05) is 25.1 Å². The molecule has 1 aromatic carbocycles. The second kappa shape index (κ2) is 7.00. The third-order valence-electron chi connectivity index (χ3n) is 3.00. The zero-order chi connectivity index (χ0) is 15.3. The Morgan fingerprint density at radius 1 is 1.29 bits per heavy atom. The summed E-state index contributed by atoms with van der Waals surface area (Å²) in [5.41, 5.74) is 0.177. The van der Waals surface area contributed by atoms with Crippen molar-refractivity contribution in [1.29, 1.82) is 0 Å². The molecule has 0 amide bonds. The Morgan fingerprint density at radius 2 is 2.00 bits per heavy atom. The normalized spacial score (nSPS) is 16.6. The molecule has 0 heterocycles. The standard InChI is InChI=1S/C14H18F3NO3/c15-14(16,17)21-13-4-2-1-3-12(13)18-7-11(19)9-20-8-10-5-6-10/h1-4,10-11,18-19H,5-9H2. The molecular formula is C14H18F3NO3. The summed E-state index contributed by atoms with van der Waals surface area (Å²) in [7, 11) is 0. The maximum absolute atomic E-state index is 12.2. The number of halogens is 3. The van der Waals surface area contributed by atoms with E-state index in [1.807, 2.05) is 0 Å². The Morgan fingerprint density at radius 3 is 2.67 bits per heavy atom. The molecule has 1 fully saturated rings. The van der Waals surface area contributed by atoms with Gasteiger partial charge in [0.2, 0.25) is 0 Å². The molecule has 4 nitrogen and oxygen atoms in total. The predicted octanol–water partition coefficient (Wildman–Crippen LogP) is 2.78. The molecule has 0 aromatic heterocycles. The van der Waals surface area contributed by atoms with Crippen molar-refractivity contribution in [2.45, 2.75) is 25.3 Å². The van der Waals surface area contributed by atoms with Gasteiger partial charge in [-0.3, -0.25) is 0 Å². The summed E-state index contributed by atoms with van der Waals surface area (Å²) in [6.07, 6.45) is -3.21. The monoisotopic (exact) mass is 305 g/mol. The summed E-state index contributed by atoms with van der Waals surface area (Å²) in [6, 6.07) is 5.70. The number of ether oxygens (including phenoxy) is 2. The number of hydrogen-bond acceptors (Lipinski definition) is 4. The van der Waals surface area contributed by atoms with Gasteiger partial charge in [0.25, 0.3) is 0 Å². The van der Waals surface area contributed by atoms with Crippen LogP contribution < -0.4 is 10.1 Å². The van der Waals surface area contributed by atoms with Gasteiger partial charge in [-0.05, 0) is 30.9 Å². The number of benzene rings is 1. The van der Waals surface area contributed by atoms with E-state index in [0.717, 1.165) is 12.8 Å². The third-order valence-corrected chi connectivity index (χ3v) is 3.00. The number of anilines is 1. The van der Waals surface area contributed by atoms with Gasteiger partial charge >= 0.3 is 6.36 Å². The number of rotatable bonds is 8. The molecule has 2 N–H and O–H groups in total. The van der Waals surface area contributed by atoms with Crippen molar-refractivity contribution in [2.24, 2.45) is 5.92 Å².